The number of ether oxygens (including phenoxy) is 5. The molecule has 7 aromatic rings. The Labute approximate surface area is 356 Å². The zero-order valence-corrected chi connectivity index (χ0v) is 34.8. The van der Waals surface area contributed by atoms with Gasteiger partial charge >= 0.3 is 6.03 Å². The summed E-state index contributed by atoms with van der Waals surface area (Å²) in [5, 5.41) is 7.88. The second-order valence-corrected chi connectivity index (χ2v) is 14.5. The number of nitrogens with two attached hydrogens (primary N) is 1. The van der Waals surface area contributed by atoms with Gasteiger partial charge in [-0.1, -0.05) is 35.3 Å². The molecule has 1 aliphatic heterocycles. The number of carbonyl (C=O) groups excluding carboxylic acids is 1. The number of morpholine rings is 1. The molecular formula is C44H42Cl2N8O6. The average Bonchev–Trinajstić information content (AvgIpc) is 3.25. The van der Waals surface area contributed by atoms with E-state index in [1.165, 1.54) is 23.8 Å². The number of nitrogen functional groups attached to an aromatic ring is 1. The van der Waals surface area contributed by atoms with Gasteiger partial charge in [-0.05, 0) is 85.1 Å². The van der Waals surface area contributed by atoms with Gasteiger partial charge in [-0.3, -0.25) is 4.90 Å². The number of halogens is 2. The molecular weight excluding hydrogens is 807 g/mol. The lowest BCUT2D eigenvalue weighted by Crippen LogP contribution is -2.35. The predicted molar refractivity (Wildman–Crippen MR) is 234 cm³/mol. The van der Waals surface area contributed by atoms with Crippen molar-refractivity contribution in [2.45, 2.75) is 20.4 Å². The summed E-state index contributed by atoms with van der Waals surface area (Å²) in [6.45, 7) is 8.32. The summed E-state index contributed by atoms with van der Waals surface area (Å²) in [6, 6.07) is 25.0. The van der Waals surface area contributed by atoms with Gasteiger partial charge in [0.15, 0.2) is 11.5 Å². The molecule has 1 aliphatic rings. The molecule has 308 valence electrons. The van der Waals surface area contributed by atoms with Crippen molar-refractivity contribution in [3.05, 3.63) is 124 Å². The quantitative estimate of drug-likeness (QED) is 0.112. The fraction of sp³-hybridized carbons (Fsp3) is 0.205. The van der Waals surface area contributed by atoms with Crippen molar-refractivity contribution in [2.75, 3.05) is 56.9 Å². The maximum Gasteiger partial charge on any atom is 0.323 e. The topological polar surface area (TPSA) is 168 Å². The van der Waals surface area contributed by atoms with E-state index in [1.807, 2.05) is 43.3 Å². The first-order valence-corrected chi connectivity index (χ1v) is 19.6. The van der Waals surface area contributed by atoms with E-state index in [2.05, 4.69) is 42.4 Å². The minimum absolute atomic E-state index is 0.307. The number of aromatic nitrogens is 4. The normalized spacial score (nSPS) is 12.6. The number of urea groups is 1. The Morgan fingerprint density at radius 2 is 1.30 bits per heavy atom. The number of fused-ring (bicyclic) bond motifs is 2. The first-order chi connectivity index (χ1) is 29.1. The molecule has 0 bridgehead atoms. The number of anilines is 3. The molecule has 0 spiro atoms. The number of nitrogens with zero attached hydrogens (tertiary/aromatic N) is 5. The lowest BCUT2D eigenvalue weighted by molar-refractivity contribution is 0.0342. The van der Waals surface area contributed by atoms with Crippen LogP contribution in [0.1, 0.15) is 16.7 Å². The molecule has 16 heteroatoms. The Bertz CT molecular complexity index is 2640. The first kappa shape index (κ1) is 41.7. The van der Waals surface area contributed by atoms with Gasteiger partial charge in [0.2, 0.25) is 11.8 Å². The molecule has 0 atom stereocenters. The van der Waals surface area contributed by atoms with Crippen molar-refractivity contribution in [3.8, 4) is 34.8 Å². The number of benzene rings is 5. The standard InChI is InChI=1S/C28H28ClN5O5.C16H14ClN3O/c1-36-25-14-21-24(15-26(25)37-2)30-17-31-27(21)39-20-7-8-23(22(29)13-20)33-28(35)32-19-5-3-18(4-6-19)16-34-9-11-38-12-10-34;1-9-5-12-15(6-10(9)2)19-8-20-16(12)21-11-3-4-14(18)13(17)7-11/h3-8,13-15,17H,9-12,16H2,1-2H3,(H2,32,33,35);3-8H,18H2,1-2H3. The highest BCUT2D eigenvalue weighted by atomic mass is 35.5. The third-order valence-electron chi connectivity index (χ3n) is 9.63. The molecule has 2 amide bonds. The summed E-state index contributed by atoms with van der Waals surface area (Å²) >= 11 is 12.5. The Kier molecular flexibility index (Phi) is 13.3. The zero-order chi connectivity index (χ0) is 42.2. The van der Waals surface area contributed by atoms with Gasteiger partial charge in [0.25, 0.3) is 0 Å². The summed E-state index contributed by atoms with van der Waals surface area (Å²) in [7, 11) is 3.11. The summed E-state index contributed by atoms with van der Waals surface area (Å²) < 4.78 is 28.0. The van der Waals surface area contributed by atoms with Gasteiger partial charge in [-0.25, -0.2) is 24.7 Å². The molecule has 5 aromatic carbocycles. The van der Waals surface area contributed by atoms with Crippen LogP contribution in [0.2, 0.25) is 10.0 Å². The zero-order valence-electron chi connectivity index (χ0n) is 33.3. The van der Waals surface area contributed by atoms with Crippen molar-refractivity contribution >= 4 is 68.1 Å². The van der Waals surface area contributed by atoms with Crippen LogP contribution in [0.3, 0.4) is 0 Å². The van der Waals surface area contributed by atoms with Crippen molar-refractivity contribution in [2.24, 2.45) is 0 Å². The molecule has 0 saturated carbocycles. The number of aryl methyl sites for hydroxylation is 2. The number of nitrogens with one attached hydrogen (secondary N) is 2. The Balaban J connectivity index is 0.000000218. The molecule has 2 aromatic heterocycles. The number of rotatable bonds is 10. The monoisotopic (exact) mass is 848 g/mol. The van der Waals surface area contributed by atoms with Gasteiger partial charge in [0, 0.05) is 43.5 Å². The van der Waals surface area contributed by atoms with Gasteiger partial charge in [0.05, 0.1) is 70.7 Å². The highest BCUT2D eigenvalue weighted by Gasteiger charge is 2.15. The van der Waals surface area contributed by atoms with Crippen molar-refractivity contribution in [1.82, 2.24) is 24.8 Å². The van der Waals surface area contributed by atoms with E-state index in [1.54, 1.807) is 62.8 Å². The molecule has 0 unspecified atom stereocenters. The first-order valence-electron chi connectivity index (χ1n) is 18.8. The minimum Gasteiger partial charge on any atom is -0.493 e. The van der Waals surface area contributed by atoms with E-state index in [9.17, 15) is 4.79 Å². The Hall–Kier alpha value is -6.45. The summed E-state index contributed by atoms with van der Waals surface area (Å²) in [4.78, 5) is 32.0. The average molecular weight is 850 g/mol. The smallest absolute Gasteiger partial charge is 0.323 e. The van der Waals surface area contributed by atoms with Crippen molar-refractivity contribution in [1.29, 1.82) is 0 Å². The highest BCUT2D eigenvalue weighted by Crippen LogP contribution is 2.37. The van der Waals surface area contributed by atoms with E-state index in [-0.39, 0.29) is 0 Å². The summed E-state index contributed by atoms with van der Waals surface area (Å²) in [5.74, 6) is 2.94. The molecule has 0 aliphatic carbocycles. The van der Waals surface area contributed by atoms with Crippen LogP contribution in [0.25, 0.3) is 21.8 Å². The molecule has 60 heavy (non-hydrogen) atoms. The lowest BCUT2D eigenvalue weighted by atomic mass is 10.1. The second kappa shape index (κ2) is 19.1. The van der Waals surface area contributed by atoms with Gasteiger partial charge < -0.3 is 40.1 Å². The van der Waals surface area contributed by atoms with E-state index < -0.39 is 6.03 Å². The number of hydrogen-bond acceptors (Lipinski definition) is 12. The molecule has 14 nitrogen and oxygen atoms in total. The lowest BCUT2D eigenvalue weighted by Gasteiger charge is -2.26. The van der Waals surface area contributed by atoms with Gasteiger partial charge in [-0.2, -0.15) is 0 Å². The van der Waals surface area contributed by atoms with Crippen LogP contribution in [0.15, 0.2) is 97.6 Å². The van der Waals surface area contributed by atoms with E-state index >= 15 is 0 Å². The third-order valence-corrected chi connectivity index (χ3v) is 10.3. The van der Waals surface area contributed by atoms with Crippen molar-refractivity contribution in [3.63, 3.8) is 0 Å². The van der Waals surface area contributed by atoms with Crippen LogP contribution in [0.5, 0.6) is 34.8 Å². The number of hydrogen-bond donors (Lipinski definition) is 3. The third kappa shape index (κ3) is 10.2. The predicted octanol–water partition coefficient (Wildman–Crippen LogP) is 9.84. The van der Waals surface area contributed by atoms with Crippen molar-refractivity contribution < 1.29 is 28.5 Å². The second-order valence-electron chi connectivity index (χ2n) is 13.7. The number of carbonyl (C=O) groups is 1. The van der Waals surface area contributed by atoms with Crippen LogP contribution >= 0.6 is 23.2 Å². The molecule has 3 heterocycles. The molecule has 1 saturated heterocycles. The van der Waals surface area contributed by atoms with E-state index in [4.69, 9.17) is 52.6 Å². The van der Waals surface area contributed by atoms with Gasteiger partial charge in [0.1, 0.15) is 24.2 Å². The maximum absolute atomic E-state index is 12.6. The van der Waals surface area contributed by atoms with Crippen LogP contribution in [0.4, 0.5) is 21.9 Å². The molecule has 1 fully saturated rings. The van der Waals surface area contributed by atoms with Crippen LogP contribution in [-0.4, -0.2) is 71.4 Å². The summed E-state index contributed by atoms with van der Waals surface area (Å²) in [5.41, 5.74) is 12.3. The fourth-order valence-corrected chi connectivity index (χ4v) is 6.65. The molecule has 8 rings (SSSR count). The fourth-order valence-electron chi connectivity index (χ4n) is 6.27. The summed E-state index contributed by atoms with van der Waals surface area (Å²) in [6.07, 6.45) is 2.89. The SMILES string of the molecule is COc1cc2ncnc(Oc3ccc(NC(=O)Nc4ccc(CN5CCOCC5)cc4)c(Cl)c3)c2cc1OC.Cc1cc2ncnc(Oc3ccc(N)c(Cl)c3)c2cc1C. The largest absolute Gasteiger partial charge is 0.493 e. The molecule has 4 N–H and O–H groups in total. The van der Waals surface area contributed by atoms with Crippen LogP contribution < -0.4 is 35.3 Å². The molecule has 0 radical (unpaired) electrons. The minimum atomic E-state index is -0.408. The van der Waals surface area contributed by atoms with E-state index in [0.717, 1.165) is 49.3 Å². The number of amides is 2. The Morgan fingerprint density at radius 3 is 1.93 bits per heavy atom. The Morgan fingerprint density at radius 1 is 0.717 bits per heavy atom. The van der Waals surface area contributed by atoms with Crippen LogP contribution in [0, 0.1) is 13.8 Å². The number of methoxy groups -OCH3 is 2. The highest BCUT2D eigenvalue weighted by molar-refractivity contribution is 6.34. The maximum atomic E-state index is 12.6. The van der Waals surface area contributed by atoms with E-state index in [0.29, 0.717) is 72.8 Å². The van der Waals surface area contributed by atoms with Gasteiger partial charge in [-0.15, -0.1) is 0 Å². The van der Waals surface area contributed by atoms with Crippen LogP contribution in [-0.2, 0) is 11.3 Å².